The first-order valence-corrected chi connectivity index (χ1v) is 35.9. The van der Waals surface area contributed by atoms with E-state index in [-0.39, 0.29) is 125 Å². The van der Waals surface area contributed by atoms with E-state index in [2.05, 4.69) is 53.8 Å². The summed E-state index contributed by atoms with van der Waals surface area (Å²) < 4.78 is 75.7. The maximum atomic E-state index is 12.1. The average molecular weight is 1730 g/mol. The minimum absolute atomic E-state index is 0. The monoisotopic (exact) mass is 1730 g/mol. The Labute approximate surface area is 691 Å². The lowest BCUT2D eigenvalue weighted by Crippen LogP contribution is -2.37. The van der Waals surface area contributed by atoms with E-state index in [0.29, 0.717) is 136 Å². The normalized spacial score (nSPS) is 14.6. The van der Waals surface area contributed by atoms with Gasteiger partial charge >= 0.3 is 53.9 Å². The van der Waals surface area contributed by atoms with Gasteiger partial charge in [-0.3, -0.25) is 57.5 Å². The number of aromatic nitrogens is 2. The first-order valence-electron chi connectivity index (χ1n) is 35.5. The maximum Gasteiger partial charge on any atom is 0.507 e. The fourth-order valence-corrected chi connectivity index (χ4v) is 8.99. The summed E-state index contributed by atoms with van der Waals surface area (Å²) in [6.45, 7) is 21.1. The van der Waals surface area contributed by atoms with Crippen LogP contribution in [0.5, 0.6) is 11.5 Å². The number of ketones is 2. The van der Waals surface area contributed by atoms with E-state index in [4.69, 9.17) is 75.6 Å². The van der Waals surface area contributed by atoms with Crippen LogP contribution in [0.25, 0.3) is 0 Å². The van der Waals surface area contributed by atoms with Gasteiger partial charge in [0.15, 0.2) is 11.3 Å². The van der Waals surface area contributed by atoms with Crippen LogP contribution < -0.4 is 44.5 Å². The molecular weight excluding hydrogens is 1620 g/mol. The molecular formula is C73H112Cl2N7O36-. The highest BCUT2D eigenvalue weighted by Gasteiger charge is 2.32. The predicted octanol–water partition coefficient (Wildman–Crippen LogP) is 1.11. The number of aromatic amines is 2. The fraction of sp³-hybridized carbons (Fsp3) is 0.603. The average Bonchev–Trinajstić information content (AvgIpc) is 0.793. The van der Waals surface area contributed by atoms with E-state index in [0.717, 1.165) is 6.92 Å². The Morgan fingerprint density at radius 3 is 1.37 bits per heavy atom. The number of aliphatic carboxylic acids is 1. The summed E-state index contributed by atoms with van der Waals surface area (Å²) in [5.74, 6) is -8.03. The highest BCUT2D eigenvalue weighted by Crippen LogP contribution is 2.28. The zero-order valence-corrected chi connectivity index (χ0v) is 70.5. The highest BCUT2D eigenvalue weighted by atomic mass is 35.5. The van der Waals surface area contributed by atoms with Crippen molar-refractivity contribution in [3.05, 3.63) is 76.9 Å². The van der Waals surface area contributed by atoms with Crippen molar-refractivity contribution in [3.8, 4) is 11.5 Å². The van der Waals surface area contributed by atoms with Gasteiger partial charge in [0.25, 0.3) is 17.0 Å². The molecule has 2 aromatic heterocycles. The highest BCUT2D eigenvalue weighted by molar-refractivity contribution is 6.64. The van der Waals surface area contributed by atoms with Crippen molar-refractivity contribution in [2.24, 2.45) is 17.4 Å². The summed E-state index contributed by atoms with van der Waals surface area (Å²) >= 11 is 4.87. The van der Waals surface area contributed by atoms with Gasteiger partial charge in [-0.15, -0.1) is 12.4 Å². The van der Waals surface area contributed by atoms with Gasteiger partial charge in [-0.2, -0.15) is 0 Å². The van der Waals surface area contributed by atoms with Gasteiger partial charge in [0, 0.05) is 84.8 Å². The number of Topliss-reactive ketones (excluding diaryl/α,β-unsaturated/α-hetero) is 2. The molecule has 2 amide bonds. The second-order valence-corrected chi connectivity index (χ2v) is 25.7. The molecule has 118 heavy (non-hydrogen) atoms. The topological polar surface area (TPSA) is 644 Å². The Bertz CT molecular complexity index is 3780. The number of esters is 8. The lowest BCUT2D eigenvalue weighted by Gasteiger charge is -2.20. The molecule has 0 bridgehead atoms. The molecule has 2 fully saturated rings. The summed E-state index contributed by atoms with van der Waals surface area (Å²) in [5, 5.41) is 33.1. The van der Waals surface area contributed by atoms with Gasteiger partial charge in [0.2, 0.25) is 11.1 Å². The predicted molar refractivity (Wildman–Crippen MR) is 411 cm³/mol. The molecule has 8 rings (SSSR count). The van der Waals surface area contributed by atoms with Crippen molar-refractivity contribution in [2.75, 3.05) is 135 Å². The van der Waals surface area contributed by atoms with Gasteiger partial charge in [0.1, 0.15) is 59.4 Å². The summed E-state index contributed by atoms with van der Waals surface area (Å²) in [4.78, 5) is 191. The molecule has 8 heterocycles. The minimum atomic E-state index is -1.08. The molecule has 6 aliphatic heterocycles. The van der Waals surface area contributed by atoms with E-state index >= 15 is 0 Å². The number of methoxy groups -OCH3 is 5. The maximum absolute atomic E-state index is 12.1. The van der Waals surface area contributed by atoms with E-state index in [9.17, 15) is 86.9 Å². The van der Waals surface area contributed by atoms with Crippen LogP contribution in [0, 0.1) is 5.92 Å². The molecule has 45 heteroatoms. The first kappa shape index (κ1) is 114. The third-order valence-corrected chi connectivity index (χ3v) is 14.1. The molecule has 0 aromatic carbocycles. The third kappa shape index (κ3) is 49.5. The Morgan fingerprint density at radius 1 is 0.542 bits per heavy atom. The number of H-pyrrole nitrogens is 2. The molecule has 0 aliphatic carbocycles. The Morgan fingerprint density at radius 2 is 0.966 bits per heavy atom. The number of carbonyl (C=O) groups is 15. The number of pyridine rings is 2. The van der Waals surface area contributed by atoms with E-state index < -0.39 is 111 Å². The molecule has 2 aromatic rings. The van der Waals surface area contributed by atoms with Crippen molar-refractivity contribution >= 4 is 113 Å². The van der Waals surface area contributed by atoms with Crippen molar-refractivity contribution in [1.82, 2.24) is 26.8 Å². The number of fused-ring (bicyclic) bond motifs is 2. The molecule has 2 saturated heterocycles. The number of carboxylic acids is 1. The number of halogens is 2. The molecule has 0 saturated carbocycles. The second kappa shape index (κ2) is 62.7. The van der Waals surface area contributed by atoms with Crippen molar-refractivity contribution in [2.45, 2.75) is 151 Å². The standard InChI is InChI=1S/C15H20N2O6.C12H17NO6.C11H13NO5.C7H11NO3.C7H10O4.C6H13NO2.C5H7ClO3.C5H8O2.C3H6O3.C2H4O2.ClH.H3N/c1-15(2,3)23-10(18)6-16-13(20)11-12(19)8-7-22-5-4-9(8)17-14(11)21;1-3-19-11(15)6-10(14)13-9-4-5-18-7-8(9)12(16)17-2;1-2-17-11(15)8-9(13)6-5-16-4-3-7(6)12-10(8)14;2*1-10-7(9)5-4-11-3-2-6(5)8;1-6(2,3)9-5(8)4-7;1-2-9-5(8)3-4(6)7;6-5-1-3-7-4-2-5;1-5-3(4)6-2;1-2(3)4;;/h4-7H2,1-3H3,(H,16,20)(H2,17,19,21);3-7H2,1-2H3,(H,13,14);2-5H2,1H3,(H2,12,13,14);2-4,8H2,1H3;5H,2-4H2,1H3;4,7H2,1-3H3;2-3H2,1H3;1-4H2;1-2H3;1H3,(H,3,4);1H;1H3/p-1. The van der Waals surface area contributed by atoms with Gasteiger partial charge in [0.05, 0.1) is 152 Å². The van der Waals surface area contributed by atoms with Gasteiger partial charge < -0.3 is 134 Å². The van der Waals surface area contributed by atoms with Gasteiger partial charge in [-0.25, -0.2) is 19.2 Å². The smallest absolute Gasteiger partial charge is 0.507 e. The molecule has 1 atom stereocenters. The fourth-order valence-electron chi connectivity index (χ4n) is 8.88. The number of aromatic hydroxyl groups is 2. The molecule has 0 radical (unpaired) electrons. The van der Waals surface area contributed by atoms with Crippen LogP contribution >= 0.6 is 24.0 Å². The number of carboxylic acid groups (broad SMARTS) is 1. The minimum Gasteiger partial charge on any atom is -0.550 e. The number of carbonyl (C=O) groups excluding carboxylic acids is 15. The van der Waals surface area contributed by atoms with Crippen LogP contribution in [0.1, 0.15) is 157 Å². The largest absolute Gasteiger partial charge is 0.550 e. The first-order chi connectivity index (χ1) is 54.5. The Hall–Kier alpha value is -10.5. The van der Waals surface area contributed by atoms with Gasteiger partial charge in [-0.1, -0.05) is 0 Å². The summed E-state index contributed by atoms with van der Waals surface area (Å²) in [6, 6.07) is 0. The van der Waals surface area contributed by atoms with E-state index in [1.807, 2.05) is 0 Å². The van der Waals surface area contributed by atoms with Crippen LogP contribution in [0.3, 0.4) is 0 Å². The summed E-state index contributed by atoms with van der Waals surface area (Å²) in [5.41, 5.74) is 11.1. The zero-order valence-electron chi connectivity index (χ0n) is 68.9. The van der Waals surface area contributed by atoms with Crippen molar-refractivity contribution in [1.29, 1.82) is 0 Å². The number of ether oxygens (including phenoxy) is 16. The molecule has 1 unspecified atom stereocenters. The molecule has 13 N–H and O–H groups in total. The molecule has 43 nitrogen and oxygen atoms in total. The van der Waals surface area contributed by atoms with Crippen LogP contribution in [0.4, 0.5) is 4.79 Å². The van der Waals surface area contributed by atoms with Crippen molar-refractivity contribution < 1.29 is 163 Å². The Kier molecular flexibility index (Phi) is 60.5. The number of nitrogens with two attached hydrogens (primary N) is 2. The van der Waals surface area contributed by atoms with Crippen LogP contribution in [0.15, 0.2) is 32.1 Å². The summed E-state index contributed by atoms with van der Waals surface area (Å²) in [6.07, 6.45) is 2.17. The third-order valence-electron chi connectivity index (χ3n) is 14.0. The van der Waals surface area contributed by atoms with E-state index in [1.54, 1.807) is 62.3 Å². The molecule has 0 spiro atoms. The number of rotatable bonds is 16. The number of hydrogen-bond donors (Lipinski definition) is 9. The zero-order chi connectivity index (χ0) is 88.8. The van der Waals surface area contributed by atoms with Crippen LogP contribution in [-0.2, 0) is 159 Å². The lowest BCUT2D eigenvalue weighted by molar-refractivity contribution is -0.302. The molecule has 6 aliphatic rings. The quantitative estimate of drug-likeness (QED) is 0.0492. The second-order valence-electron chi connectivity index (χ2n) is 25.2. The summed E-state index contributed by atoms with van der Waals surface area (Å²) in [7, 11) is 6.36. The number of amides is 2. The van der Waals surface area contributed by atoms with Crippen LogP contribution in [-0.4, -0.2) is 254 Å². The lowest BCUT2D eigenvalue weighted by atomic mass is 10.0. The Balaban J connectivity index is -0.000000632. The van der Waals surface area contributed by atoms with Crippen LogP contribution in [0.2, 0.25) is 0 Å². The van der Waals surface area contributed by atoms with E-state index in [1.165, 1.54) is 35.5 Å². The SMILES string of the molecule is CC(=O)[O-].CC(C)(C)OC(=O)CN.CC(C)(C)OC(=O)CNC(=O)c1c(O)c2c([nH]c1=O)CCOC2.CCOC(=O)CC(=O)Cl.CCOC(=O)CC(=O)NC1=C(C(=O)OC)COCC1.CCOC(=O)c1c(O)c2c([nH]c1=O)CCOC2.COC(=O)C1=C(N)CCOC1.COC(=O)C1COCCC1=O.COC(=O)OC.Cl.N.O=C1CCOCC1. The number of hydrogen-bond acceptors (Lipinski definition) is 39. The van der Waals surface area contributed by atoms with Gasteiger partial charge in [-0.05, 0) is 80.8 Å². The molecule has 670 valence electrons. The number of nitrogens with one attached hydrogen (secondary N) is 4. The van der Waals surface area contributed by atoms with Crippen molar-refractivity contribution in [3.63, 3.8) is 0 Å².